The van der Waals surface area contributed by atoms with Crippen molar-refractivity contribution in [3.05, 3.63) is 240 Å². The lowest BCUT2D eigenvalue weighted by molar-refractivity contribution is 0.590. The number of hydrogen-bond donors (Lipinski definition) is 0. The molecular weight excluding hydrogens is 803 g/mol. The molecule has 0 unspecified atom stereocenters. The van der Waals surface area contributed by atoms with Crippen molar-refractivity contribution in [1.29, 1.82) is 5.26 Å². The monoisotopic (exact) mass is 845 g/mol. The fourth-order valence-corrected chi connectivity index (χ4v) is 11.4. The molecule has 4 nitrogen and oxygen atoms in total. The number of furan rings is 1. The van der Waals surface area contributed by atoms with Crippen LogP contribution < -0.4 is 9.80 Å². The van der Waals surface area contributed by atoms with Gasteiger partial charge in [-0.1, -0.05) is 172 Å². The van der Waals surface area contributed by atoms with Crippen molar-refractivity contribution in [2.45, 2.75) is 31.6 Å². The van der Waals surface area contributed by atoms with Gasteiger partial charge < -0.3 is 14.2 Å². The minimum absolute atomic E-state index is 0.0353. The Morgan fingerprint density at radius 2 is 1.08 bits per heavy atom. The lowest BCUT2D eigenvalue weighted by atomic mass is 9.64. The largest absolute Gasteiger partial charge is 0.452 e. The number of nitriles is 1. The van der Waals surface area contributed by atoms with Gasteiger partial charge in [-0.2, -0.15) is 5.26 Å². The highest BCUT2D eigenvalue weighted by atomic mass is 16.3. The molecule has 1 aromatic heterocycles. The molecule has 0 radical (unpaired) electrons. The topological polar surface area (TPSA) is 43.4 Å². The Morgan fingerprint density at radius 1 is 0.485 bits per heavy atom. The molecule has 0 bridgehead atoms. The summed E-state index contributed by atoms with van der Waals surface area (Å²) in [5.74, 6) is 0. The van der Waals surface area contributed by atoms with Gasteiger partial charge in [0.25, 0.3) is 0 Å². The lowest BCUT2D eigenvalue weighted by Crippen LogP contribution is -2.36. The van der Waals surface area contributed by atoms with Crippen LogP contribution in [0, 0.1) is 11.3 Å². The van der Waals surface area contributed by atoms with Gasteiger partial charge in [-0.3, -0.25) is 0 Å². The van der Waals surface area contributed by atoms with Crippen molar-refractivity contribution in [1.82, 2.24) is 0 Å². The zero-order valence-electron chi connectivity index (χ0n) is 36.9. The fraction of sp³-hybridized carbons (Fsp3) is 0.0806. The molecule has 4 heteroatoms. The van der Waals surface area contributed by atoms with E-state index in [1.54, 1.807) is 0 Å². The quantitative estimate of drug-likeness (QED) is 0.177. The Kier molecular flexibility index (Phi) is 8.11. The molecule has 312 valence electrons. The first-order chi connectivity index (χ1) is 32.4. The van der Waals surface area contributed by atoms with Crippen molar-refractivity contribution in [3.8, 4) is 17.2 Å². The summed E-state index contributed by atoms with van der Waals surface area (Å²) in [5, 5.41) is 16.9. The van der Waals surface area contributed by atoms with Crippen LogP contribution in [0.2, 0.25) is 0 Å². The second kappa shape index (κ2) is 14.1. The summed E-state index contributed by atoms with van der Waals surface area (Å²) in [6, 6.07) is 77.5. The Morgan fingerprint density at radius 3 is 1.79 bits per heavy atom. The number of nitrogens with zero attached hydrogens (tertiary/aromatic N) is 3. The maximum Gasteiger partial charge on any atom is 0.159 e. The molecule has 66 heavy (non-hydrogen) atoms. The van der Waals surface area contributed by atoms with E-state index in [2.05, 4.69) is 231 Å². The van der Waals surface area contributed by atoms with Crippen LogP contribution in [0.25, 0.3) is 54.6 Å². The van der Waals surface area contributed by atoms with Crippen LogP contribution in [-0.2, 0) is 10.8 Å². The zero-order chi connectivity index (χ0) is 44.3. The van der Waals surface area contributed by atoms with E-state index in [4.69, 9.17) is 4.42 Å². The van der Waals surface area contributed by atoms with Crippen molar-refractivity contribution >= 4 is 77.6 Å². The maximum atomic E-state index is 10.3. The van der Waals surface area contributed by atoms with Crippen LogP contribution >= 0.6 is 0 Å². The van der Waals surface area contributed by atoms with Gasteiger partial charge in [-0.05, 0) is 115 Å². The van der Waals surface area contributed by atoms with Crippen LogP contribution in [0.3, 0.4) is 0 Å². The van der Waals surface area contributed by atoms with Crippen LogP contribution in [0.15, 0.2) is 211 Å². The number of fused-ring (bicyclic) bond motifs is 16. The van der Waals surface area contributed by atoms with E-state index >= 15 is 0 Å². The Balaban J connectivity index is 1.20. The molecule has 1 aliphatic carbocycles. The number of hydrogen-bond acceptors (Lipinski definition) is 4. The lowest BCUT2D eigenvalue weighted by Gasteiger charge is -2.45. The minimum Gasteiger partial charge on any atom is -0.452 e. The molecule has 0 saturated heterocycles. The molecule has 11 aromatic rings. The Hall–Kier alpha value is -8.39. The first-order valence-electron chi connectivity index (χ1n) is 22.7. The normalized spacial score (nSPS) is 13.5. The number of anilines is 6. The van der Waals surface area contributed by atoms with Crippen molar-refractivity contribution in [2.75, 3.05) is 9.80 Å². The number of benzene rings is 10. The average Bonchev–Trinajstić information content (AvgIpc) is 3.89. The van der Waals surface area contributed by atoms with Gasteiger partial charge >= 0.3 is 0 Å². The van der Waals surface area contributed by atoms with Crippen molar-refractivity contribution in [3.63, 3.8) is 0 Å². The Labute approximate surface area is 383 Å². The van der Waals surface area contributed by atoms with Gasteiger partial charge in [0, 0.05) is 27.5 Å². The average molecular weight is 846 g/mol. The van der Waals surface area contributed by atoms with E-state index in [9.17, 15) is 5.26 Å². The third-order valence-electron chi connectivity index (χ3n) is 14.2. The van der Waals surface area contributed by atoms with E-state index in [0.717, 1.165) is 55.9 Å². The molecule has 2 aliphatic rings. The molecule has 0 fully saturated rings. The molecule has 0 amide bonds. The van der Waals surface area contributed by atoms with Crippen LogP contribution in [0.5, 0.6) is 0 Å². The number of para-hydroxylation sites is 5. The third kappa shape index (κ3) is 5.20. The SMILES string of the molecule is CC(C)(C)c1ccc(N(c2cc3c(c4ccccc24)-c2c(ccc4ccccc24)C32c3ccccc3N(c3ccccc3)c3ccccc32)c2cccc3c2oc2c(C#N)cccc23)cc1. The number of rotatable bonds is 4. The molecule has 1 spiro atoms. The summed E-state index contributed by atoms with van der Waals surface area (Å²) < 4.78 is 6.90. The summed E-state index contributed by atoms with van der Waals surface area (Å²) in [6.45, 7) is 6.78. The van der Waals surface area contributed by atoms with E-state index in [-0.39, 0.29) is 5.41 Å². The first-order valence-corrected chi connectivity index (χ1v) is 22.7. The fourth-order valence-electron chi connectivity index (χ4n) is 11.4. The molecule has 1 aliphatic heterocycles. The third-order valence-corrected chi connectivity index (χ3v) is 14.2. The van der Waals surface area contributed by atoms with Gasteiger partial charge in [0.15, 0.2) is 11.2 Å². The molecule has 13 rings (SSSR count). The first kappa shape index (κ1) is 38.1. The second-order valence-corrected chi connectivity index (χ2v) is 18.7. The molecule has 0 saturated carbocycles. The van der Waals surface area contributed by atoms with Gasteiger partial charge in [0.05, 0.1) is 33.7 Å². The van der Waals surface area contributed by atoms with Crippen LogP contribution in [0.1, 0.15) is 54.2 Å². The molecule has 10 aromatic carbocycles. The van der Waals surface area contributed by atoms with Gasteiger partial charge in [-0.15, -0.1) is 0 Å². The second-order valence-electron chi connectivity index (χ2n) is 18.7. The minimum atomic E-state index is -0.708. The van der Waals surface area contributed by atoms with Gasteiger partial charge in [-0.25, -0.2) is 0 Å². The van der Waals surface area contributed by atoms with Gasteiger partial charge in [0.2, 0.25) is 0 Å². The summed E-state index contributed by atoms with van der Waals surface area (Å²) >= 11 is 0. The molecular formula is C62H43N3O. The summed E-state index contributed by atoms with van der Waals surface area (Å²) in [4.78, 5) is 4.84. The van der Waals surface area contributed by atoms with E-state index in [1.807, 2.05) is 12.1 Å². The molecule has 0 atom stereocenters. The predicted molar refractivity (Wildman–Crippen MR) is 272 cm³/mol. The smallest absolute Gasteiger partial charge is 0.159 e. The van der Waals surface area contributed by atoms with E-state index in [1.165, 1.54) is 55.1 Å². The predicted octanol–water partition coefficient (Wildman–Crippen LogP) is 16.7. The summed E-state index contributed by atoms with van der Waals surface area (Å²) in [5.41, 5.74) is 16.2. The van der Waals surface area contributed by atoms with Gasteiger partial charge in [0.1, 0.15) is 6.07 Å². The summed E-state index contributed by atoms with van der Waals surface area (Å²) in [7, 11) is 0. The van der Waals surface area contributed by atoms with Crippen molar-refractivity contribution < 1.29 is 4.42 Å². The van der Waals surface area contributed by atoms with Crippen molar-refractivity contribution in [2.24, 2.45) is 0 Å². The highest BCUT2D eigenvalue weighted by molar-refractivity contribution is 6.18. The standard InChI is InChI=1S/C62H43N3O/c1-61(2,3)41-32-34-43(35-33-41)65(55-30-16-25-48-47-24-15-18-40(38-63)59(47)66-60(48)55)56-37-52-58(46-23-10-9-22-45(46)56)57-44-21-8-7-17-39(44)31-36-51(57)62(52)49-26-11-13-28-53(49)64(42-19-5-4-6-20-42)54-29-14-12-27-50(54)62/h4-37H,1-3H3. The molecule has 2 heterocycles. The van der Waals surface area contributed by atoms with E-state index in [0.29, 0.717) is 11.1 Å². The zero-order valence-corrected chi connectivity index (χ0v) is 36.9. The molecule has 0 N–H and O–H groups in total. The maximum absolute atomic E-state index is 10.3. The highest BCUT2D eigenvalue weighted by Gasteiger charge is 2.53. The highest BCUT2D eigenvalue weighted by Crippen LogP contribution is 2.66. The van der Waals surface area contributed by atoms with E-state index < -0.39 is 5.41 Å². The Bertz CT molecular complexity index is 3780. The van der Waals surface area contributed by atoms with Crippen LogP contribution in [0.4, 0.5) is 34.1 Å². The van der Waals surface area contributed by atoms with Crippen LogP contribution in [-0.4, -0.2) is 0 Å². The summed E-state index contributed by atoms with van der Waals surface area (Å²) in [6.07, 6.45) is 0.